The van der Waals surface area contributed by atoms with E-state index in [-0.39, 0.29) is 12.5 Å². The van der Waals surface area contributed by atoms with Gasteiger partial charge in [-0.2, -0.15) is 0 Å². The highest BCUT2D eigenvalue weighted by Crippen LogP contribution is 2.33. The van der Waals surface area contributed by atoms with Crippen LogP contribution in [0.4, 0.5) is 0 Å². The molecule has 4 nitrogen and oxygen atoms in total. The van der Waals surface area contributed by atoms with Crippen LogP contribution in [0.2, 0.25) is 0 Å². The summed E-state index contributed by atoms with van der Waals surface area (Å²) in [6.45, 7) is 0.0123. The van der Waals surface area contributed by atoms with E-state index in [0.29, 0.717) is 6.42 Å². The predicted octanol–water partition coefficient (Wildman–Crippen LogP) is 1.02. The molecule has 2 aliphatic rings. The Hall–Kier alpha value is -1.55. The molecule has 1 saturated carbocycles. The molecule has 4 heteroatoms. The van der Waals surface area contributed by atoms with Crippen LogP contribution < -0.4 is 10.1 Å². The molecule has 0 aromatic heterocycles. The fraction of sp³-hybridized carbons (Fsp3) is 0.500. The smallest absolute Gasteiger partial charge is 0.261 e. The molecule has 0 spiro atoms. The maximum absolute atomic E-state index is 12.1. The fourth-order valence-electron chi connectivity index (χ4n) is 2.60. The summed E-state index contributed by atoms with van der Waals surface area (Å²) in [7, 11) is 0. The number of rotatable bonds is 3. The molecule has 1 aliphatic heterocycles. The fourth-order valence-corrected chi connectivity index (χ4v) is 2.60. The van der Waals surface area contributed by atoms with Crippen molar-refractivity contribution >= 4 is 5.91 Å². The zero-order valence-corrected chi connectivity index (χ0v) is 10.2. The highest BCUT2D eigenvalue weighted by Gasteiger charge is 2.40. The molecule has 1 aromatic rings. The Kier molecular flexibility index (Phi) is 2.74. The number of hydrogen-bond acceptors (Lipinski definition) is 3. The van der Waals surface area contributed by atoms with Crippen molar-refractivity contribution in [3.63, 3.8) is 0 Å². The molecule has 1 aromatic carbocycles. The third-order valence-electron chi connectivity index (χ3n) is 3.94. The van der Waals surface area contributed by atoms with Crippen LogP contribution in [0.15, 0.2) is 24.3 Å². The maximum Gasteiger partial charge on any atom is 0.261 e. The highest BCUT2D eigenvalue weighted by molar-refractivity contribution is 5.83. The summed E-state index contributed by atoms with van der Waals surface area (Å²) >= 11 is 0. The van der Waals surface area contributed by atoms with Crippen molar-refractivity contribution in [3.05, 3.63) is 29.8 Å². The number of para-hydroxylation sites is 1. The number of benzene rings is 1. The first-order valence-electron chi connectivity index (χ1n) is 6.40. The summed E-state index contributed by atoms with van der Waals surface area (Å²) in [6, 6.07) is 7.71. The molecule has 1 unspecified atom stereocenters. The summed E-state index contributed by atoms with van der Waals surface area (Å²) in [5.74, 6) is 0.684. The van der Waals surface area contributed by atoms with E-state index in [1.807, 2.05) is 24.3 Å². The number of aliphatic hydroxyl groups is 1. The lowest BCUT2D eigenvalue weighted by atomic mass is 9.77. The van der Waals surface area contributed by atoms with Crippen LogP contribution in [0.25, 0.3) is 0 Å². The summed E-state index contributed by atoms with van der Waals surface area (Å²) in [5, 5.41) is 12.3. The molecule has 1 fully saturated rings. The number of hydrogen-bond donors (Lipinski definition) is 2. The van der Waals surface area contributed by atoms with Crippen LogP contribution >= 0.6 is 0 Å². The number of aliphatic hydroxyl groups excluding tert-OH is 1. The predicted molar refractivity (Wildman–Crippen MR) is 66.4 cm³/mol. The van der Waals surface area contributed by atoms with Gasteiger partial charge in [-0.15, -0.1) is 0 Å². The SMILES string of the molecule is O=C(NC1(CO)CCC1)C1Cc2ccccc2O1. The molecule has 1 heterocycles. The van der Waals surface area contributed by atoms with Gasteiger partial charge >= 0.3 is 0 Å². The van der Waals surface area contributed by atoms with Gasteiger partial charge in [0, 0.05) is 6.42 Å². The quantitative estimate of drug-likeness (QED) is 0.838. The Bertz CT molecular complexity index is 437. The Morgan fingerprint density at radius 2 is 2.22 bits per heavy atom. The normalized spacial score (nSPS) is 23.7. The number of nitrogens with one attached hydrogen (secondary N) is 1. The van der Waals surface area contributed by atoms with Gasteiger partial charge in [0.1, 0.15) is 5.75 Å². The second-order valence-electron chi connectivity index (χ2n) is 5.20. The number of fused-ring (bicyclic) bond motifs is 1. The molecule has 0 saturated heterocycles. The lowest BCUT2D eigenvalue weighted by molar-refractivity contribution is -0.131. The molecule has 1 aliphatic carbocycles. The topological polar surface area (TPSA) is 58.6 Å². The Labute approximate surface area is 106 Å². The zero-order valence-electron chi connectivity index (χ0n) is 10.2. The van der Waals surface area contributed by atoms with Crippen molar-refractivity contribution in [2.75, 3.05) is 6.61 Å². The molecule has 0 radical (unpaired) electrons. The van der Waals surface area contributed by atoms with Gasteiger partial charge in [-0.3, -0.25) is 4.79 Å². The Morgan fingerprint density at radius 3 is 2.83 bits per heavy atom. The lowest BCUT2D eigenvalue weighted by Gasteiger charge is -2.41. The Morgan fingerprint density at radius 1 is 1.44 bits per heavy atom. The van der Waals surface area contributed by atoms with Crippen molar-refractivity contribution in [1.29, 1.82) is 0 Å². The van der Waals surface area contributed by atoms with Crippen LogP contribution in [0.5, 0.6) is 5.75 Å². The monoisotopic (exact) mass is 247 g/mol. The number of carbonyl (C=O) groups is 1. The summed E-state index contributed by atoms with van der Waals surface area (Å²) in [6.07, 6.45) is 2.94. The third kappa shape index (κ3) is 1.86. The number of carbonyl (C=O) groups excluding carboxylic acids is 1. The van der Waals surface area contributed by atoms with E-state index >= 15 is 0 Å². The standard InChI is InChI=1S/C14H17NO3/c16-9-14(6-3-7-14)15-13(17)12-8-10-4-1-2-5-11(10)18-12/h1-2,4-5,12,16H,3,6-9H2,(H,15,17). The van der Waals surface area contributed by atoms with Gasteiger partial charge in [0.05, 0.1) is 12.1 Å². The molecule has 1 atom stereocenters. The van der Waals surface area contributed by atoms with Gasteiger partial charge in [0.25, 0.3) is 5.91 Å². The molecule has 3 rings (SSSR count). The van der Waals surface area contributed by atoms with E-state index in [4.69, 9.17) is 4.74 Å². The summed E-state index contributed by atoms with van der Waals surface area (Å²) in [5.41, 5.74) is 0.680. The van der Waals surface area contributed by atoms with Gasteiger partial charge in [0.15, 0.2) is 6.10 Å². The van der Waals surface area contributed by atoms with Gasteiger partial charge in [-0.25, -0.2) is 0 Å². The lowest BCUT2D eigenvalue weighted by Crippen LogP contribution is -2.58. The molecular formula is C14H17NO3. The molecule has 1 amide bonds. The Balaban J connectivity index is 1.66. The van der Waals surface area contributed by atoms with Crippen molar-refractivity contribution in [3.8, 4) is 5.75 Å². The average Bonchev–Trinajstić information content (AvgIpc) is 2.77. The van der Waals surface area contributed by atoms with Crippen LogP contribution in [0.3, 0.4) is 0 Å². The first-order valence-corrected chi connectivity index (χ1v) is 6.40. The van der Waals surface area contributed by atoms with Crippen molar-refractivity contribution < 1.29 is 14.6 Å². The van der Waals surface area contributed by atoms with E-state index in [9.17, 15) is 9.90 Å². The average molecular weight is 247 g/mol. The summed E-state index contributed by atoms with van der Waals surface area (Å²) in [4.78, 5) is 12.1. The minimum atomic E-state index is -0.452. The van der Waals surface area contributed by atoms with E-state index in [1.165, 1.54) is 0 Å². The van der Waals surface area contributed by atoms with E-state index < -0.39 is 11.6 Å². The van der Waals surface area contributed by atoms with Crippen molar-refractivity contribution in [1.82, 2.24) is 5.32 Å². The second kappa shape index (κ2) is 4.28. The highest BCUT2D eigenvalue weighted by atomic mass is 16.5. The van der Waals surface area contributed by atoms with Crippen LogP contribution in [0.1, 0.15) is 24.8 Å². The van der Waals surface area contributed by atoms with E-state index in [2.05, 4.69) is 5.32 Å². The number of ether oxygens (including phenoxy) is 1. The van der Waals surface area contributed by atoms with Crippen molar-refractivity contribution in [2.24, 2.45) is 0 Å². The minimum Gasteiger partial charge on any atom is -0.480 e. The zero-order chi connectivity index (χ0) is 12.6. The van der Waals surface area contributed by atoms with E-state index in [1.54, 1.807) is 0 Å². The second-order valence-corrected chi connectivity index (χ2v) is 5.20. The molecule has 18 heavy (non-hydrogen) atoms. The van der Waals surface area contributed by atoms with E-state index in [0.717, 1.165) is 30.6 Å². The van der Waals surface area contributed by atoms with Gasteiger partial charge in [-0.05, 0) is 30.9 Å². The number of amides is 1. The van der Waals surface area contributed by atoms with Gasteiger partial charge in [-0.1, -0.05) is 18.2 Å². The maximum atomic E-state index is 12.1. The molecular weight excluding hydrogens is 230 g/mol. The molecule has 2 N–H and O–H groups in total. The van der Waals surface area contributed by atoms with Crippen LogP contribution in [-0.2, 0) is 11.2 Å². The summed E-state index contributed by atoms with van der Waals surface area (Å²) < 4.78 is 5.63. The molecule has 96 valence electrons. The minimum absolute atomic E-state index is 0.0123. The first kappa shape index (κ1) is 11.5. The van der Waals surface area contributed by atoms with Crippen LogP contribution in [-0.4, -0.2) is 29.3 Å². The first-order chi connectivity index (χ1) is 8.72. The van der Waals surface area contributed by atoms with Gasteiger partial charge < -0.3 is 15.2 Å². The van der Waals surface area contributed by atoms with Gasteiger partial charge in [0.2, 0.25) is 0 Å². The largest absolute Gasteiger partial charge is 0.480 e. The van der Waals surface area contributed by atoms with Crippen molar-refractivity contribution in [2.45, 2.75) is 37.3 Å². The molecule has 0 bridgehead atoms. The van der Waals surface area contributed by atoms with Crippen LogP contribution in [0, 0.1) is 0 Å². The third-order valence-corrected chi connectivity index (χ3v) is 3.94.